The molecule has 2 aliphatic heterocycles. The summed E-state index contributed by atoms with van der Waals surface area (Å²) < 4.78 is 1.74. The molecule has 5 nitrogen and oxygen atoms in total. The van der Waals surface area contributed by atoms with Crippen LogP contribution in [0.4, 0.5) is 0 Å². The standard InChI is InChI=1S/C17H20N4O/c22-17(20-15-8-13-6-7-14(9-15)19-13)12-10-18-21(11-12)16-4-2-1-3-5-16/h1-5,10-11,13-15,19H,6-9H2,(H,20,22). The highest BCUT2D eigenvalue weighted by Crippen LogP contribution is 2.26. The van der Waals surface area contributed by atoms with Crippen molar-refractivity contribution in [1.29, 1.82) is 0 Å². The summed E-state index contributed by atoms with van der Waals surface area (Å²) in [5, 5.41) is 11.0. The van der Waals surface area contributed by atoms with Gasteiger partial charge in [0.1, 0.15) is 0 Å². The average molecular weight is 296 g/mol. The maximum atomic E-state index is 12.4. The van der Waals surface area contributed by atoms with Crippen LogP contribution in [-0.4, -0.2) is 33.8 Å². The van der Waals surface area contributed by atoms with Crippen LogP contribution in [0.15, 0.2) is 42.7 Å². The van der Waals surface area contributed by atoms with Gasteiger partial charge in [0.05, 0.1) is 17.4 Å². The van der Waals surface area contributed by atoms with Gasteiger partial charge in [0.2, 0.25) is 0 Å². The van der Waals surface area contributed by atoms with Crippen molar-refractivity contribution >= 4 is 5.91 Å². The number of carbonyl (C=O) groups is 1. The number of carbonyl (C=O) groups excluding carboxylic acids is 1. The first kappa shape index (κ1) is 13.5. The van der Waals surface area contributed by atoms with E-state index in [1.165, 1.54) is 12.8 Å². The van der Waals surface area contributed by atoms with Crippen LogP contribution < -0.4 is 10.6 Å². The van der Waals surface area contributed by atoms with E-state index >= 15 is 0 Å². The van der Waals surface area contributed by atoms with E-state index < -0.39 is 0 Å². The van der Waals surface area contributed by atoms with Crippen molar-refractivity contribution < 1.29 is 4.79 Å². The molecule has 4 rings (SSSR count). The second-order valence-electron chi connectivity index (χ2n) is 6.29. The highest BCUT2D eigenvalue weighted by Gasteiger charge is 2.34. The fourth-order valence-electron chi connectivity index (χ4n) is 3.61. The number of benzene rings is 1. The van der Waals surface area contributed by atoms with E-state index in [9.17, 15) is 4.79 Å². The summed E-state index contributed by atoms with van der Waals surface area (Å²) in [6.07, 6.45) is 7.98. The third-order valence-corrected chi connectivity index (χ3v) is 4.67. The zero-order valence-corrected chi connectivity index (χ0v) is 12.4. The molecular weight excluding hydrogens is 276 g/mol. The van der Waals surface area contributed by atoms with E-state index in [4.69, 9.17) is 0 Å². The van der Waals surface area contributed by atoms with Crippen LogP contribution in [0.5, 0.6) is 0 Å². The topological polar surface area (TPSA) is 59.0 Å². The number of aromatic nitrogens is 2. The van der Waals surface area contributed by atoms with Gasteiger partial charge >= 0.3 is 0 Å². The molecule has 0 spiro atoms. The average Bonchev–Trinajstić information content (AvgIpc) is 3.15. The Kier molecular flexibility index (Phi) is 3.42. The normalized spacial score (nSPS) is 26.8. The van der Waals surface area contributed by atoms with Crippen LogP contribution in [0, 0.1) is 0 Å². The molecule has 114 valence electrons. The predicted octanol–water partition coefficient (Wildman–Crippen LogP) is 1.89. The van der Waals surface area contributed by atoms with E-state index in [2.05, 4.69) is 15.7 Å². The maximum absolute atomic E-state index is 12.4. The first-order valence-corrected chi connectivity index (χ1v) is 7.95. The predicted molar refractivity (Wildman–Crippen MR) is 84.0 cm³/mol. The molecule has 2 N–H and O–H groups in total. The number of para-hydroxylation sites is 1. The number of nitrogens with one attached hydrogen (secondary N) is 2. The van der Waals surface area contributed by atoms with Crippen LogP contribution in [0.1, 0.15) is 36.0 Å². The van der Waals surface area contributed by atoms with Gasteiger partial charge in [0.25, 0.3) is 5.91 Å². The fraction of sp³-hybridized carbons (Fsp3) is 0.412. The number of piperidine rings is 1. The molecule has 2 bridgehead atoms. The van der Waals surface area contributed by atoms with E-state index in [0.29, 0.717) is 17.6 Å². The molecule has 3 heterocycles. The Bertz CT molecular complexity index is 654. The molecule has 0 aliphatic carbocycles. The van der Waals surface area contributed by atoms with Gasteiger partial charge < -0.3 is 10.6 Å². The molecule has 2 unspecified atom stereocenters. The molecule has 1 aromatic carbocycles. The van der Waals surface area contributed by atoms with E-state index in [1.807, 2.05) is 30.3 Å². The van der Waals surface area contributed by atoms with Crippen LogP contribution in [0.25, 0.3) is 5.69 Å². The zero-order chi connectivity index (χ0) is 14.9. The van der Waals surface area contributed by atoms with Crippen molar-refractivity contribution in [2.24, 2.45) is 0 Å². The highest BCUT2D eigenvalue weighted by molar-refractivity contribution is 5.94. The van der Waals surface area contributed by atoms with Crippen molar-refractivity contribution in [1.82, 2.24) is 20.4 Å². The minimum absolute atomic E-state index is 0.0199. The van der Waals surface area contributed by atoms with Gasteiger partial charge in [-0.25, -0.2) is 4.68 Å². The zero-order valence-electron chi connectivity index (χ0n) is 12.4. The molecule has 0 saturated carbocycles. The number of hydrogen-bond acceptors (Lipinski definition) is 3. The molecule has 22 heavy (non-hydrogen) atoms. The van der Waals surface area contributed by atoms with Gasteiger partial charge in [-0.15, -0.1) is 0 Å². The first-order chi connectivity index (χ1) is 10.8. The Hall–Kier alpha value is -2.14. The maximum Gasteiger partial charge on any atom is 0.254 e. The lowest BCUT2D eigenvalue weighted by molar-refractivity contribution is 0.0924. The van der Waals surface area contributed by atoms with Crippen molar-refractivity contribution in [3.8, 4) is 5.69 Å². The molecule has 2 atom stereocenters. The monoisotopic (exact) mass is 296 g/mol. The SMILES string of the molecule is O=C(NC1CC2CCC(C1)N2)c1cnn(-c2ccccc2)c1. The van der Waals surface area contributed by atoms with Crippen LogP contribution in [0.3, 0.4) is 0 Å². The van der Waals surface area contributed by atoms with Crippen LogP contribution >= 0.6 is 0 Å². The van der Waals surface area contributed by atoms with Gasteiger partial charge in [-0.1, -0.05) is 18.2 Å². The number of amides is 1. The molecule has 2 aliphatic rings. The quantitative estimate of drug-likeness (QED) is 0.909. The van der Waals surface area contributed by atoms with Gasteiger partial charge in [-0.05, 0) is 37.8 Å². The molecule has 5 heteroatoms. The molecule has 1 amide bonds. The smallest absolute Gasteiger partial charge is 0.254 e. The van der Waals surface area contributed by atoms with Crippen LogP contribution in [-0.2, 0) is 0 Å². The summed E-state index contributed by atoms with van der Waals surface area (Å²) in [4.78, 5) is 12.4. The fourth-order valence-corrected chi connectivity index (χ4v) is 3.61. The second-order valence-corrected chi connectivity index (χ2v) is 6.29. The molecule has 0 radical (unpaired) electrons. The lowest BCUT2D eigenvalue weighted by atomic mass is 9.99. The largest absolute Gasteiger partial charge is 0.349 e. The summed E-state index contributed by atoms with van der Waals surface area (Å²) in [5.74, 6) is -0.0199. The molecule has 2 aromatic rings. The summed E-state index contributed by atoms with van der Waals surface area (Å²) in [6.45, 7) is 0. The van der Waals surface area contributed by atoms with E-state index in [1.54, 1.807) is 17.1 Å². The summed E-state index contributed by atoms with van der Waals surface area (Å²) in [6, 6.07) is 11.3. The third kappa shape index (κ3) is 2.64. The minimum atomic E-state index is -0.0199. The van der Waals surface area contributed by atoms with Gasteiger partial charge in [0, 0.05) is 24.3 Å². The summed E-state index contributed by atoms with van der Waals surface area (Å²) >= 11 is 0. The van der Waals surface area contributed by atoms with Crippen molar-refractivity contribution in [3.05, 3.63) is 48.3 Å². The van der Waals surface area contributed by atoms with E-state index in [0.717, 1.165) is 18.5 Å². The third-order valence-electron chi connectivity index (χ3n) is 4.67. The Morgan fingerprint density at radius 3 is 2.64 bits per heavy atom. The summed E-state index contributed by atoms with van der Waals surface area (Å²) in [5.41, 5.74) is 1.58. The van der Waals surface area contributed by atoms with Crippen molar-refractivity contribution in [2.75, 3.05) is 0 Å². The molecule has 1 aromatic heterocycles. The van der Waals surface area contributed by atoms with Crippen molar-refractivity contribution in [3.63, 3.8) is 0 Å². The lowest BCUT2D eigenvalue weighted by Crippen LogP contribution is -2.47. The number of nitrogens with zero attached hydrogens (tertiary/aromatic N) is 2. The molecular formula is C17H20N4O. The first-order valence-electron chi connectivity index (χ1n) is 7.95. The Morgan fingerprint density at radius 1 is 1.18 bits per heavy atom. The molecule has 2 saturated heterocycles. The Balaban J connectivity index is 1.44. The minimum Gasteiger partial charge on any atom is -0.349 e. The number of fused-ring (bicyclic) bond motifs is 2. The Labute approximate surface area is 129 Å². The lowest BCUT2D eigenvalue weighted by Gasteiger charge is -2.29. The number of hydrogen-bond donors (Lipinski definition) is 2. The number of rotatable bonds is 3. The second kappa shape index (κ2) is 5.57. The van der Waals surface area contributed by atoms with Gasteiger partial charge in [0.15, 0.2) is 0 Å². The Morgan fingerprint density at radius 2 is 1.91 bits per heavy atom. The van der Waals surface area contributed by atoms with Gasteiger partial charge in [-0.3, -0.25) is 4.79 Å². The summed E-state index contributed by atoms with van der Waals surface area (Å²) in [7, 11) is 0. The van der Waals surface area contributed by atoms with Crippen LogP contribution in [0.2, 0.25) is 0 Å². The highest BCUT2D eigenvalue weighted by atomic mass is 16.1. The van der Waals surface area contributed by atoms with Crippen molar-refractivity contribution in [2.45, 2.75) is 43.8 Å². The molecule has 2 fully saturated rings. The van der Waals surface area contributed by atoms with E-state index in [-0.39, 0.29) is 11.9 Å². The van der Waals surface area contributed by atoms with Gasteiger partial charge in [-0.2, -0.15) is 5.10 Å².